The molecular weight excluding hydrogens is 270 g/mol. The van der Waals surface area contributed by atoms with Gasteiger partial charge in [-0.25, -0.2) is 4.79 Å². The zero-order chi connectivity index (χ0) is 15.2. The molecule has 0 aliphatic rings. The van der Waals surface area contributed by atoms with Crippen LogP contribution in [0.15, 0.2) is 36.7 Å². The summed E-state index contributed by atoms with van der Waals surface area (Å²) >= 11 is 0. The van der Waals surface area contributed by atoms with Gasteiger partial charge in [-0.1, -0.05) is 12.1 Å². The minimum absolute atomic E-state index is 0.137. The summed E-state index contributed by atoms with van der Waals surface area (Å²) in [6.45, 7) is 1.93. The van der Waals surface area contributed by atoms with Crippen molar-refractivity contribution in [3.8, 4) is 16.9 Å². The number of pyridine rings is 1. The molecule has 4 N–H and O–H groups in total. The number of carbonyl (C=O) groups is 1. The van der Waals surface area contributed by atoms with E-state index in [9.17, 15) is 4.79 Å². The molecule has 1 heterocycles. The third-order valence-corrected chi connectivity index (χ3v) is 2.83. The summed E-state index contributed by atoms with van der Waals surface area (Å²) < 4.78 is 10.2. The number of carbonyl (C=O) groups excluding carboxylic acids is 1. The minimum Gasteiger partial charge on any atom is -0.482 e. The number of hydrogen-bond donors (Lipinski definition) is 2. The van der Waals surface area contributed by atoms with E-state index >= 15 is 0 Å². The molecule has 0 atom stereocenters. The molecule has 0 unspecified atom stereocenters. The second-order valence-electron chi connectivity index (χ2n) is 4.31. The molecule has 6 heteroatoms. The normalized spacial score (nSPS) is 10.1. The second-order valence-corrected chi connectivity index (χ2v) is 4.31. The van der Waals surface area contributed by atoms with Crippen LogP contribution in [0.2, 0.25) is 0 Å². The average Bonchev–Trinajstić information content (AvgIpc) is 2.49. The Morgan fingerprint density at radius 2 is 2.10 bits per heavy atom. The van der Waals surface area contributed by atoms with Gasteiger partial charge in [-0.15, -0.1) is 0 Å². The largest absolute Gasteiger partial charge is 0.482 e. The van der Waals surface area contributed by atoms with Gasteiger partial charge in [0.05, 0.1) is 24.2 Å². The number of benzene rings is 1. The predicted octanol–water partition coefficient (Wildman–Crippen LogP) is 1.85. The molecule has 0 amide bonds. The van der Waals surface area contributed by atoms with E-state index in [4.69, 9.17) is 20.9 Å². The Kier molecular flexibility index (Phi) is 4.61. The SMILES string of the molecule is CCOC(=O)COc1cccc(-c2cncc(N)c2N)c1. The van der Waals surface area contributed by atoms with Crippen LogP contribution in [0.5, 0.6) is 5.75 Å². The van der Waals surface area contributed by atoms with Gasteiger partial charge in [-0.05, 0) is 24.6 Å². The Morgan fingerprint density at radius 3 is 2.86 bits per heavy atom. The van der Waals surface area contributed by atoms with E-state index in [2.05, 4.69) is 4.98 Å². The van der Waals surface area contributed by atoms with Gasteiger partial charge in [-0.3, -0.25) is 4.98 Å². The van der Waals surface area contributed by atoms with Crippen LogP contribution in [-0.2, 0) is 9.53 Å². The first-order valence-corrected chi connectivity index (χ1v) is 6.49. The third-order valence-electron chi connectivity index (χ3n) is 2.83. The van der Waals surface area contributed by atoms with Crippen LogP contribution in [0.4, 0.5) is 11.4 Å². The fourth-order valence-electron chi connectivity index (χ4n) is 1.82. The van der Waals surface area contributed by atoms with Crippen molar-refractivity contribution in [1.82, 2.24) is 4.98 Å². The molecule has 0 saturated heterocycles. The van der Waals surface area contributed by atoms with Crippen LogP contribution in [0, 0.1) is 0 Å². The number of aromatic nitrogens is 1. The Hall–Kier alpha value is -2.76. The molecule has 1 aromatic carbocycles. The lowest BCUT2D eigenvalue weighted by Gasteiger charge is -2.10. The predicted molar refractivity (Wildman–Crippen MR) is 80.6 cm³/mol. The Labute approximate surface area is 122 Å². The maximum absolute atomic E-state index is 11.3. The van der Waals surface area contributed by atoms with Crippen LogP contribution >= 0.6 is 0 Å². The van der Waals surface area contributed by atoms with Gasteiger partial charge in [0.1, 0.15) is 5.75 Å². The summed E-state index contributed by atoms with van der Waals surface area (Å²) in [5, 5.41) is 0. The first-order valence-electron chi connectivity index (χ1n) is 6.49. The molecule has 0 radical (unpaired) electrons. The van der Waals surface area contributed by atoms with Crippen LogP contribution in [0.25, 0.3) is 11.1 Å². The number of nitrogen functional groups attached to an aromatic ring is 2. The van der Waals surface area contributed by atoms with Gasteiger partial charge in [0.2, 0.25) is 0 Å². The van der Waals surface area contributed by atoms with E-state index in [0.717, 1.165) is 11.1 Å². The number of hydrogen-bond acceptors (Lipinski definition) is 6. The number of esters is 1. The molecule has 0 fully saturated rings. The maximum Gasteiger partial charge on any atom is 0.344 e. The highest BCUT2D eigenvalue weighted by molar-refractivity contribution is 5.83. The van der Waals surface area contributed by atoms with Crippen molar-refractivity contribution < 1.29 is 14.3 Å². The number of nitrogens with zero attached hydrogens (tertiary/aromatic N) is 1. The van der Waals surface area contributed by atoms with Gasteiger partial charge in [0, 0.05) is 11.8 Å². The Bertz CT molecular complexity index is 644. The number of rotatable bonds is 5. The molecule has 6 nitrogen and oxygen atoms in total. The fraction of sp³-hybridized carbons (Fsp3) is 0.200. The van der Waals surface area contributed by atoms with Gasteiger partial charge in [0.25, 0.3) is 0 Å². The smallest absolute Gasteiger partial charge is 0.344 e. The number of anilines is 2. The van der Waals surface area contributed by atoms with Crippen molar-refractivity contribution in [3.63, 3.8) is 0 Å². The van der Waals surface area contributed by atoms with E-state index < -0.39 is 5.97 Å². The summed E-state index contributed by atoms with van der Waals surface area (Å²) in [6.07, 6.45) is 3.14. The first kappa shape index (κ1) is 14.6. The zero-order valence-electron chi connectivity index (χ0n) is 11.7. The van der Waals surface area contributed by atoms with Crippen LogP contribution in [0.1, 0.15) is 6.92 Å². The van der Waals surface area contributed by atoms with Crippen molar-refractivity contribution in [2.75, 3.05) is 24.7 Å². The maximum atomic E-state index is 11.3. The molecule has 21 heavy (non-hydrogen) atoms. The Balaban J connectivity index is 2.18. The molecule has 0 aliphatic heterocycles. The van der Waals surface area contributed by atoms with Gasteiger partial charge < -0.3 is 20.9 Å². The standard InChI is InChI=1S/C15H17N3O3/c1-2-20-14(19)9-21-11-5-3-4-10(6-11)12-7-18-8-13(16)15(12)17/h3-8H,2,9,16H2,1H3,(H2,17,18). The van der Waals surface area contributed by atoms with E-state index in [1.165, 1.54) is 6.20 Å². The summed E-state index contributed by atoms with van der Waals surface area (Å²) in [5.74, 6) is 0.135. The van der Waals surface area contributed by atoms with E-state index in [1.54, 1.807) is 31.3 Å². The van der Waals surface area contributed by atoms with Crippen LogP contribution in [0.3, 0.4) is 0 Å². The summed E-state index contributed by atoms with van der Waals surface area (Å²) in [6, 6.07) is 7.19. The summed E-state index contributed by atoms with van der Waals surface area (Å²) in [4.78, 5) is 15.3. The van der Waals surface area contributed by atoms with Crippen LogP contribution in [-0.4, -0.2) is 24.2 Å². The second kappa shape index (κ2) is 6.60. The quantitative estimate of drug-likeness (QED) is 0.814. The lowest BCUT2D eigenvalue weighted by Crippen LogP contribution is -2.14. The van der Waals surface area contributed by atoms with E-state index in [1.807, 2.05) is 6.07 Å². The van der Waals surface area contributed by atoms with E-state index in [-0.39, 0.29) is 6.61 Å². The highest BCUT2D eigenvalue weighted by Gasteiger charge is 2.08. The summed E-state index contributed by atoms with van der Waals surface area (Å²) in [5.41, 5.74) is 14.1. The highest BCUT2D eigenvalue weighted by atomic mass is 16.6. The van der Waals surface area contributed by atoms with Gasteiger partial charge >= 0.3 is 5.97 Å². The van der Waals surface area contributed by atoms with Crippen molar-refractivity contribution in [3.05, 3.63) is 36.7 Å². The number of nitrogens with two attached hydrogens (primary N) is 2. The topological polar surface area (TPSA) is 100 Å². The molecule has 0 saturated carbocycles. The fourth-order valence-corrected chi connectivity index (χ4v) is 1.82. The monoisotopic (exact) mass is 287 g/mol. The van der Waals surface area contributed by atoms with E-state index in [0.29, 0.717) is 23.7 Å². The molecule has 0 aliphatic carbocycles. The molecule has 0 spiro atoms. The Morgan fingerprint density at radius 1 is 1.29 bits per heavy atom. The minimum atomic E-state index is -0.409. The van der Waals surface area contributed by atoms with Crippen molar-refractivity contribution in [2.45, 2.75) is 6.92 Å². The molecule has 110 valence electrons. The lowest BCUT2D eigenvalue weighted by atomic mass is 10.1. The van der Waals surface area contributed by atoms with Crippen LogP contribution < -0.4 is 16.2 Å². The first-order chi connectivity index (χ1) is 10.1. The van der Waals surface area contributed by atoms with Crippen molar-refractivity contribution in [2.24, 2.45) is 0 Å². The molecule has 2 aromatic rings. The summed E-state index contributed by atoms with van der Waals surface area (Å²) in [7, 11) is 0. The zero-order valence-corrected chi connectivity index (χ0v) is 11.7. The van der Waals surface area contributed by atoms with Crippen molar-refractivity contribution in [1.29, 1.82) is 0 Å². The van der Waals surface area contributed by atoms with Gasteiger partial charge in [0.15, 0.2) is 6.61 Å². The average molecular weight is 287 g/mol. The molecule has 1 aromatic heterocycles. The lowest BCUT2D eigenvalue weighted by molar-refractivity contribution is -0.145. The number of ether oxygens (including phenoxy) is 2. The van der Waals surface area contributed by atoms with Crippen molar-refractivity contribution >= 4 is 17.3 Å². The highest BCUT2D eigenvalue weighted by Crippen LogP contribution is 2.30. The molecule has 0 bridgehead atoms. The van der Waals surface area contributed by atoms with Gasteiger partial charge in [-0.2, -0.15) is 0 Å². The third kappa shape index (κ3) is 3.62. The molecule has 2 rings (SSSR count). The molecular formula is C15H17N3O3.